The molecule has 6 nitrogen and oxygen atoms in total. The summed E-state index contributed by atoms with van der Waals surface area (Å²) >= 11 is 5.81. The highest BCUT2D eigenvalue weighted by molar-refractivity contribution is 7.92. The van der Waals surface area contributed by atoms with Gasteiger partial charge in [0.15, 0.2) is 5.76 Å². The highest BCUT2D eigenvalue weighted by atomic mass is 35.5. The first kappa shape index (κ1) is 15.0. The summed E-state index contributed by atoms with van der Waals surface area (Å²) in [5.41, 5.74) is 1.77. The van der Waals surface area contributed by atoms with Crippen LogP contribution >= 0.6 is 11.6 Å². The van der Waals surface area contributed by atoms with Crippen LogP contribution in [0.4, 0.5) is 5.69 Å². The number of halogens is 1. The van der Waals surface area contributed by atoms with Gasteiger partial charge in [0.2, 0.25) is 0 Å². The van der Waals surface area contributed by atoms with Crippen molar-refractivity contribution in [2.24, 2.45) is 0 Å². The summed E-state index contributed by atoms with van der Waals surface area (Å²) in [5.74, 6) is 1.09. The highest BCUT2D eigenvalue weighted by Gasteiger charge is 2.24. The van der Waals surface area contributed by atoms with Gasteiger partial charge >= 0.3 is 0 Å². The summed E-state index contributed by atoms with van der Waals surface area (Å²) in [6, 6.07) is 11.0. The van der Waals surface area contributed by atoms with Crippen LogP contribution in [0.2, 0.25) is 5.02 Å². The van der Waals surface area contributed by atoms with Gasteiger partial charge < -0.3 is 9.26 Å². The Kier molecular flexibility index (Phi) is 3.47. The van der Waals surface area contributed by atoms with E-state index in [-0.39, 0.29) is 4.90 Å². The average Bonchev–Trinajstić information content (AvgIpc) is 3.05. The van der Waals surface area contributed by atoms with Crippen molar-refractivity contribution in [1.29, 1.82) is 0 Å². The molecule has 0 fully saturated rings. The summed E-state index contributed by atoms with van der Waals surface area (Å²) in [4.78, 5) is 0.101. The summed E-state index contributed by atoms with van der Waals surface area (Å²) in [5, 5.41) is 4.27. The minimum absolute atomic E-state index is 0.101. The third-order valence-electron chi connectivity index (χ3n) is 3.63. The van der Waals surface area contributed by atoms with Gasteiger partial charge in [-0.25, -0.2) is 8.42 Å². The lowest BCUT2D eigenvalue weighted by Crippen LogP contribution is -2.13. The van der Waals surface area contributed by atoms with Crippen LogP contribution in [-0.4, -0.2) is 13.6 Å². The fraction of sp³-hybridized carbons (Fsp3) is 0.0625. The molecular weight excluding hydrogens is 352 g/mol. The zero-order chi connectivity index (χ0) is 16.7. The summed E-state index contributed by atoms with van der Waals surface area (Å²) in [7, 11) is -3.76. The maximum absolute atomic E-state index is 12.6. The second-order valence-electron chi connectivity index (χ2n) is 5.24. The van der Waals surface area contributed by atoms with Crippen LogP contribution in [-0.2, 0) is 16.6 Å². The number of rotatable bonds is 3. The molecule has 0 bridgehead atoms. The molecule has 0 atom stereocenters. The monoisotopic (exact) mass is 362 g/mol. The molecule has 2 heterocycles. The first-order valence-corrected chi connectivity index (χ1v) is 8.88. The normalized spacial score (nSPS) is 12.9. The van der Waals surface area contributed by atoms with E-state index in [0.717, 1.165) is 5.56 Å². The largest absolute Gasteiger partial charge is 0.488 e. The van der Waals surface area contributed by atoms with E-state index >= 15 is 0 Å². The van der Waals surface area contributed by atoms with Crippen LogP contribution < -0.4 is 9.46 Å². The first-order chi connectivity index (χ1) is 11.5. The summed E-state index contributed by atoms with van der Waals surface area (Å²) in [6.07, 6.45) is 1.56. The molecule has 3 aromatic rings. The molecule has 0 aliphatic carbocycles. The molecule has 1 aromatic heterocycles. The quantitative estimate of drug-likeness (QED) is 0.768. The Morgan fingerprint density at radius 2 is 1.92 bits per heavy atom. The van der Waals surface area contributed by atoms with Crippen LogP contribution in [0.5, 0.6) is 5.75 Å². The molecule has 2 aromatic carbocycles. The van der Waals surface area contributed by atoms with Gasteiger partial charge in [0.1, 0.15) is 12.4 Å². The fourth-order valence-electron chi connectivity index (χ4n) is 2.45. The smallest absolute Gasteiger partial charge is 0.261 e. The van der Waals surface area contributed by atoms with Crippen molar-refractivity contribution >= 4 is 27.3 Å². The van der Waals surface area contributed by atoms with E-state index in [4.69, 9.17) is 20.9 Å². The number of benzene rings is 2. The standard InChI is InChI=1S/C16H11ClN2O4S/c17-11-1-3-12(4-2-11)19-24(20,21)13-5-6-15-14(7-13)16-10(9-22-15)8-18-23-16/h1-8,19H,9H2. The van der Waals surface area contributed by atoms with Gasteiger partial charge in [-0.3, -0.25) is 4.72 Å². The number of ether oxygens (including phenoxy) is 1. The van der Waals surface area contributed by atoms with Crippen LogP contribution in [0, 0.1) is 0 Å². The van der Waals surface area contributed by atoms with Crippen LogP contribution in [0.15, 0.2) is 58.1 Å². The molecule has 8 heteroatoms. The first-order valence-electron chi connectivity index (χ1n) is 7.02. The van der Waals surface area contributed by atoms with E-state index in [9.17, 15) is 8.42 Å². The van der Waals surface area contributed by atoms with Gasteiger partial charge in [-0.1, -0.05) is 16.8 Å². The lowest BCUT2D eigenvalue weighted by Gasteiger charge is -2.17. The Morgan fingerprint density at radius 1 is 1.12 bits per heavy atom. The lowest BCUT2D eigenvalue weighted by molar-refractivity contribution is 0.297. The molecule has 1 N–H and O–H groups in total. The Bertz CT molecular complexity index is 1010. The van der Waals surface area contributed by atoms with E-state index in [1.165, 1.54) is 12.1 Å². The van der Waals surface area contributed by atoms with Crippen molar-refractivity contribution in [3.8, 4) is 17.1 Å². The number of fused-ring (bicyclic) bond motifs is 3. The molecule has 122 valence electrons. The van der Waals surface area contributed by atoms with Crippen molar-refractivity contribution in [3.05, 3.63) is 59.2 Å². The molecular formula is C16H11ClN2O4S. The molecule has 0 saturated carbocycles. The molecule has 0 spiro atoms. The van der Waals surface area contributed by atoms with Crippen molar-refractivity contribution in [2.45, 2.75) is 11.5 Å². The molecule has 4 rings (SSSR count). The Morgan fingerprint density at radius 3 is 2.71 bits per heavy atom. The van der Waals surface area contributed by atoms with Crippen molar-refractivity contribution < 1.29 is 17.7 Å². The van der Waals surface area contributed by atoms with Gasteiger partial charge in [-0.2, -0.15) is 0 Å². The third-order valence-corrected chi connectivity index (χ3v) is 5.26. The Labute approximate surface area is 143 Å². The Hall–Kier alpha value is -2.51. The second-order valence-corrected chi connectivity index (χ2v) is 7.36. The zero-order valence-corrected chi connectivity index (χ0v) is 13.8. The van der Waals surface area contributed by atoms with E-state index in [1.807, 2.05) is 0 Å². The van der Waals surface area contributed by atoms with Gasteiger partial charge in [0.05, 0.1) is 22.2 Å². The fourth-order valence-corrected chi connectivity index (χ4v) is 3.66. The molecule has 1 aliphatic heterocycles. The highest BCUT2D eigenvalue weighted by Crippen LogP contribution is 2.38. The molecule has 24 heavy (non-hydrogen) atoms. The zero-order valence-electron chi connectivity index (χ0n) is 12.2. The Balaban J connectivity index is 1.72. The summed E-state index contributed by atoms with van der Waals surface area (Å²) < 4.78 is 38.5. The van der Waals surface area contributed by atoms with Crippen LogP contribution in [0.1, 0.15) is 5.56 Å². The van der Waals surface area contributed by atoms with E-state index in [0.29, 0.717) is 34.4 Å². The van der Waals surface area contributed by atoms with Gasteiger partial charge in [-0.15, -0.1) is 0 Å². The van der Waals surface area contributed by atoms with Gasteiger partial charge in [0, 0.05) is 10.7 Å². The molecule has 0 saturated heterocycles. The number of nitrogens with one attached hydrogen (secondary N) is 1. The predicted octanol–water partition coefficient (Wildman–Crippen LogP) is 3.69. The number of hydrogen-bond donors (Lipinski definition) is 1. The maximum atomic E-state index is 12.6. The average molecular weight is 363 g/mol. The third kappa shape index (κ3) is 2.61. The lowest BCUT2D eigenvalue weighted by atomic mass is 10.1. The minimum Gasteiger partial charge on any atom is -0.488 e. The van der Waals surface area contributed by atoms with Crippen molar-refractivity contribution in [1.82, 2.24) is 5.16 Å². The van der Waals surface area contributed by atoms with Gasteiger partial charge in [-0.05, 0) is 42.5 Å². The van der Waals surface area contributed by atoms with E-state index in [2.05, 4.69) is 9.88 Å². The molecule has 0 amide bonds. The number of sulfonamides is 1. The summed E-state index contributed by atoms with van der Waals surface area (Å²) in [6.45, 7) is 0.348. The van der Waals surface area contributed by atoms with Crippen molar-refractivity contribution in [3.63, 3.8) is 0 Å². The molecule has 0 unspecified atom stereocenters. The van der Waals surface area contributed by atoms with E-state index < -0.39 is 10.0 Å². The maximum Gasteiger partial charge on any atom is 0.261 e. The van der Waals surface area contributed by atoms with E-state index in [1.54, 1.807) is 36.5 Å². The van der Waals surface area contributed by atoms with Crippen molar-refractivity contribution in [2.75, 3.05) is 4.72 Å². The number of aromatic nitrogens is 1. The topological polar surface area (TPSA) is 81.4 Å². The number of nitrogens with zero attached hydrogens (tertiary/aromatic N) is 1. The van der Waals surface area contributed by atoms with Crippen LogP contribution in [0.25, 0.3) is 11.3 Å². The molecule has 0 radical (unpaired) electrons. The van der Waals surface area contributed by atoms with Gasteiger partial charge in [0.25, 0.3) is 10.0 Å². The second kappa shape index (κ2) is 5.54. The minimum atomic E-state index is -3.76. The number of hydrogen-bond acceptors (Lipinski definition) is 5. The number of anilines is 1. The SMILES string of the molecule is O=S(=O)(Nc1ccc(Cl)cc1)c1ccc2c(c1)-c1oncc1CO2. The predicted molar refractivity (Wildman–Crippen MR) is 88.5 cm³/mol. The van der Waals surface area contributed by atoms with Crippen LogP contribution in [0.3, 0.4) is 0 Å². The molecule has 1 aliphatic rings.